The lowest BCUT2D eigenvalue weighted by Crippen LogP contribution is -2.58. The molecule has 0 aliphatic carbocycles. The van der Waals surface area contributed by atoms with Gasteiger partial charge in [0.15, 0.2) is 0 Å². The summed E-state index contributed by atoms with van der Waals surface area (Å²) in [6.45, 7) is 3.19. The minimum Gasteiger partial charge on any atom is -0.480 e. The highest BCUT2D eigenvalue weighted by Crippen LogP contribution is 2.43. The minimum atomic E-state index is -4.81. The largest absolute Gasteiger partial charge is 0.480 e. The zero-order valence-electron chi connectivity index (χ0n) is 19.5. The first-order valence-corrected chi connectivity index (χ1v) is 11.7. The van der Waals surface area contributed by atoms with E-state index in [0.717, 1.165) is 0 Å². The van der Waals surface area contributed by atoms with Crippen molar-refractivity contribution in [1.29, 1.82) is 0 Å². The van der Waals surface area contributed by atoms with Crippen molar-refractivity contribution in [2.24, 2.45) is 5.41 Å². The van der Waals surface area contributed by atoms with Gasteiger partial charge in [-0.15, -0.1) is 0 Å². The van der Waals surface area contributed by atoms with Crippen molar-refractivity contribution < 1.29 is 27.8 Å². The van der Waals surface area contributed by atoms with Crippen LogP contribution in [0.5, 0.6) is 5.88 Å². The number of aliphatic carboxylic acids is 1. The van der Waals surface area contributed by atoms with Crippen LogP contribution in [-0.4, -0.2) is 62.7 Å². The lowest BCUT2D eigenvalue weighted by atomic mass is 9.78. The maximum absolute atomic E-state index is 14.3. The molecule has 196 valence electrons. The molecule has 0 saturated carbocycles. The van der Waals surface area contributed by atoms with E-state index in [1.165, 1.54) is 35.1 Å². The molecule has 5 rings (SSSR count). The molecule has 4 N–H and O–H groups in total. The lowest BCUT2D eigenvalue weighted by Gasteiger charge is -2.48. The summed E-state index contributed by atoms with van der Waals surface area (Å²) in [7, 11) is 0. The highest BCUT2D eigenvalue weighted by atomic mass is 35.5. The molecule has 2 aliphatic heterocycles. The first kappa shape index (κ1) is 25.1. The van der Waals surface area contributed by atoms with Crippen LogP contribution in [0.25, 0.3) is 5.69 Å². The molecule has 2 saturated heterocycles. The first-order valence-electron chi connectivity index (χ1n) is 11.3. The topological polar surface area (TPSA) is 131 Å². The summed E-state index contributed by atoms with van der Waals surface area (Å²) >= 11 is 6.09. The standard InChI is InChI=1S/C23H23ClF3N7O3/c1-12-4-5-34(32-12)16-6-13(24)2-3-14(16)19(23(25,26)27)37-18-7-17(30-21(28)31-18)33-10-22(11-33)8-15(20(35)36)29-9-22/h2-7,15,19,29H,8-11H2,1H3,(H,35,36)(H2,28,30,31)/t15?,19-/m1/s1. The summed E-state index contributed by atoms with van der Waals surface area (Å²) in [6, 6.07) is 6.29. The van der Waals surface area contributed by atoms with Crippen LogP contribution in [-0.2, 0) is 4.79 Å². The number of benzene rings is 1. The Bertz CT molecular complexity index is 1340. The Morgan fingerprint density at radius 2 is 2.05 bits per heavy atom. The number of carboxylic acids is 1. The van der Waals surface area contributed by atoms with Crippen molar-refractivity contribution in [3.63, 3.8) is 0 Å². The van der Waals surface area contributed by atoms with Crippen molar-refractivity contribution in [2.75, 3.05) is 30.3 Å². The molecule has 10 nitrogen and oxygen atoms in total. The highest BCUT2D eigenvalue weighted by molar-refractivity contribution is 6.30. The molecule has 3 aromatic rings. The van der Waals surface area contributed by atoms with Gasteiger partial charge in [0.2, 0.25) is 17.9 Å². The molecule has 4 heterocycles. The molecule has 14 heteroatoms. The number of nitrogens with two attached hydrogens (primary N) is 1. The summed E-state index contributed by atoms with van der Waals surface area (Å²) in [5, 5.41) is 16.7. The molecule has 2 atom stereocenters. The molecule has 2 aromatic heterocycles. The number of alkyl halides is 3. The number of aryl methyl sites for hydroxylation is 1. The molecule has 1 aromatic carbocycles. The summed E-state index contributed by atoms with van der Waals surface area (Å²) in [6.07, 6.45) is -5.23. The van der Waals surface area contributed by atoms with E-state index in [9.17, 15) is 23.1 Å². The number of hydrogen-bond donors (Lipinski definition) is 3. The van der Waals surface area contributed by atoms with Crippen molar-refractivity contribution in [3.8, 4) is 11.6 Å². The summed E-state index contributed by atoms with van der Waals surface area (Å²) < 4.78 is 49.6. The number of aromatic nitrogens is 4. The molecule has 0 bridgehead atoms. The summed E-state index contributed by atoms with van der Waals surface area (Å²) in [5.74, 6) is -1.22. The predicted octanol–water partition coefficient (Wildman–Crippen LogP) is 3.14. The van der Waals surface area contributed by atoms with Crippen LogP contribution >= 0.6 is 11.6 Å². The second-order valence-corrected chi connectivity index (χ2v) is 9.84. The van der Waals surface area contributed by atoms with Gasteiger partial charge in [-0.05, 0) is 31.5 Å². The number of carbonyl (C=O) groups is 1. The van der Waals surface area contributed by atoms with Gasteiger partial charge in [0, 0.05) is 47.9 Å². The maximum atomic E-state index is 14.3. The number of nitrogens with zero attached hydrogens (tertiary/aromatic N) is 5. The van der Waals surface area contributed by atoms with Gasteiger partial charge in [-0.3, -0.25) is 4.79 Å². The third-order valence-corrected chi connectivity index (χ3v) is 6.76. The Hall–Kier alpha value is -3.58. The van der Waals surface area contributed by atoms with Gasteiger partial charge in [-0.25, -0.2) is 4.68 Å². The average molecular weight is 538 g/mol. The fourth-order valence-electron chi connectivity index (χ4n) is 4.82. The van der Waals surface area contributed by atoms with Crippen LogP contribution < -0.4 is 20.7 Å². The Balaban J connectivity index is 1.42. The molecule has 1 unspecified atom stereocenters. The fourth-order valence-corrected chi connectivity index (χ4v) is 4.99. The fraction of sp³-hybridized carbons (Fsp3) is 0.391. The Morgan fingerprint density at radius 1 is 1.30 bits per heavy atom. The highest BCUT2D eigenvalue weighted by Gasteiger charge is 2.50. The molecular weight excluding hydrogens is 515 g/mol. The third kappa shape index (κ3) is 5.01. The number of nitrogen functional groups attached to an aromatic ring is 1. The van der Waals surface area contributed by atoms with Crippen LogP contribution in [0.1, 0.15) is 23.8 Å². The number of hydrogen-bond acceptors (Lipinski definition) is 8. The van der Waals surface area contributed by atoms with Gasteiger partial charge in [-0.2, -0.15) is 28.2 Å². The normalized spacial score (nSPS) is 19.6. The zero-order chi connectivity index (χ0) is 26.5. The monoisotopic (exact) mass is 537 g/mol. The SMILES string of the molecule is Cc1ccn(-c2cc(Cl)ccc2[C@@H](Oc2cc(N3CC4(CNC(C(=O)O)C4)C3)nc(N)n2)C(F)(F)F)n1. The average Bonchev–Trinajstić information content (AvgIpc) is 3.43. The van der Waals surface area contributed by atoms with E-state index in [4.69, 9.17) is 22.1 Å². The predicted molar refractivity (Wildman–Crippen MR) is 128 cm³/mol. The lowest BCUT2D eigenvalue weighted by molar-refractivity contribution is -0.198. The van der Waals surface area contributed by atoms with Gasteiger partial charge in [0.05, 0.1) is 11.4 Å². The first-order chi connectivity index (χ1) is 17.4. The van der Waals surface area contributed by atoms with E-state index in [1.54, 1.807) is 17.9 Å². The van der Waals surface area contributed by atoms with Crippen molar-refractivity contribution in [2.45, 2.75) is 31.7 Å². The molecule has 1 spiro atoms. The van der Waals surface area contributed by atoms with Crippen LogP contribution in [0.2, 0.25) is 5.02 Å². The Kier molecular flexibility index (Phi) is 6.15. The zero-order valence-corrected chi connectivity index (χ0v) is 20.3. The van der Waals surface area contributed by atoms with E-state index in [1.807, 2.05) is 0 Å². The van der Waals surface area contributed by atoms with E-state index in [2.05, 4.69) is 20.4 Å². The Labute approximate surface area is 214 Å². The molecule has 37 heavy (non-hydrogen) atoms. The smallest absolute Gasteiger partial charge is 0.429 e. The van der Waals surface area contributed by atoms with E-state index in [0.29, 0.717) is 37.6 Å². The number of nitrogens with one attached hydrogen (secondary N) is 1. The molecule has 0 radical (unpaired) electrons. The molecule has 0 amide bonds. The van der Waals surface area contributed by atoms with Crippen LogP contribution in [0.4, 0.5) is 24.9 Å². The summed E-state index contributed by atoms with van der Waals surface area (Å²) in [4.78, 5) is 21.1. The maximum Gasteiger partial charge on any atom is 0.429 e. The molecule has 2 aliphatic rings. The van der Waals surface area contributed by atoms with Crippen LogP contribution in [0.15, 0.2) is 36.5 Å². The van der Waals surface area contributed by atoms with Crippen molar-refractivity contribution >= 4 is 29.3 Å². The number of anilines is 2. The molecular formula is C23H23ClF3N7O3. The van der Waals surface area contributed by atoms with Gasteiger partial charge >= 0.3 is 12.1 Å². The second kappa shape index (κ2) is 9.06. The number of halogens is 4. The quantitative estimate of drug-likeness (QED) is 0.434. The van der Waals surface area contributed by atoms with E-state index in [-0.39, 0.29) is 33.5 Å². The van der Waals surface area contributed by atoms with E-state index >= 15 is 0 Å². The van der Waals surface area contributed by atoms with Gasteiger partial charge in [0.1, 0.15) is 11.9 Å². The van der Waals surface area contributed by atoms with Gasteiger partial charge in [0.25, 0.3) is 0 Å². The number of carboxylic acid groups (broad SMARTS) is 1. The minimum absolute atomic E-state index is 0.108. The van der Waals surface area contributed by atoms with Crippen molar-refractivity contribution in [1.82, 2.24) is 25.1 Å². The summed E-state index contributed by atoms with van der Waals surface area (Å²) in [5.41, 5.74) is 6.08. The molecule has 2 fully saturated rings. The number of rotatable bonds is 6. The Morgan fingerprint density at radius 3 is 2.68 bits per heavy atom. The number of ether oxygens (including phenoxy) is 1. The van der Waals surface area contributed by atoms with Gasteiger partial charge < -0.3 is 25.8 Å². The van der Waals surface area contributed by atoms with Gasteiger partial charge in [-0.1, -0.05) is 17.7 Å². The van der Waals surface area contributed by atoms with Crippen LogP contribution in [0.3, 0.4) is 0 Å². The van der Waals surface area contributed by atoms with E-state index < -0.39 is 24.3 Å². The van der Waals surface area contributed by atoms with Crippen molar-refractivity contribution in [3.05, 3.63) is 52.8 Å². The van der Waals surface area contributed by atoms with Crippen LogP contribution in [0, 0.1) is 12.3 Å². The second-order valence-electron chi connectivity index (χ2n) is 9.40. The third-order valence-electron chi connectivity index (χ3n) is 6.52.